The molecule has 0 bridgehead atoms. The molecule has 1 aromatic rings. The van der Waals surface area contributed by atoms with Crippen molar-refractivity contribution < 1.29 is 0 Å². The van der Waals surface area contributed by atoms with Gasteiger partial charge in [-0.25, -0.2) is 4.98 Å². The molecular formula is C7H12ClN3S. The SMILES string of the molecule is CC(N)CCNc1nc(Cl)cs1. The topological polar surface area (TPSA) is 50.9 Å². The van der Waals surface area contributed by atoms with E-state index in [0.717, 1.165) is 18.1 Å². The molecule has 0 aliphatic rings. The van der Waals surface area contributed by atoms with Crippen LogP contribution in [0.1, 0.15) is 13.3 Å². The highest BCUT2D eigenvalue weighted by molar-refractivity contribution is 7.14. The van der Waals surface area contributed by atoms with Crippen LogP contribution in [0.25, 0.3) is 0 Å². The monoisotopic (exact) mass is 205 g/mol. The van der Waals surface area contributed by atoms with Crippen LogP contribution in [-0.4, -0.2) is 17.6 Å². The van der Waals surface area contributed by atoms with Gasteiger partial charge in [-0.1, -0.05) is 11.6 Å². The summed E-state index contributed by atoms with van der Waals surface area (Å²) in [5, 5.41) is 6.35. The van der Waals surface area contributed by atoms with Gasteiger partial charge in [0.1, 0.15) is 5.15 Å². The first kappa shape index (κ1) is 9.77. The maximum atomic E-state index is 5.64. The third-order valence-corrected chi connectivity index (χ3v) is 2.48. The highest BCUT2D eigenvalue weighted by atomic mass is 35.5. The minimum absolute atomic E-state index is 0.230. The van der Waals surface area contributed by atoms with E-state index >= 15 is 0 Å². The summed E-state index contributed by atoms with van der Waals surface area (Å²) in [7, 11) is 0. The molecule has 0 amide bonds. The molecule has 0 aliphatic heterocycles. The first-order valence-electron chi connectivity index (χ1n) is 3.79. The number of nitrogens with one attached hydrogen (secondary N) is 1. The highest BCUT2D eigenvalue weighted by Gasteiger charge is 1.98. The Morgan fingerprint density at radius 3 is 3.08 bits per heavy atom. The van der Waals surface area contributed by atoms with Gasteiger partial charge in [0.2, 0.25) is 0 Å². The average molecular weight is 206 g/mol. The molecule has 1 atom stereocenters. The maximum Gasteiger partial charge on any atom is 0.184 e. The van der Waals surface area contributed by atoms with Gasteiger partial charge in [0.05, 0.1) is 0 Å². The minimum Gasteiger partial charge on any atom is -0.361 e. The lowest BCUT2D eigenvalue weighted by Crippen LogP contribution is -2.19. The van der Waals surface area contributed by atoms with E-state index in [0.29, 0.717) is 5.15 Å². The van der Waals surface area contributed by atoms with Crippen molar-refractivity contribution in [2.75, 3.05) is 11.9 Å². The van der Waals surface area contributed by atoms with Crippen molar-refractivity contribution in [3.63, 3.8) is 0 Å². The molecule has 3 nitrogen and oxygen atoms in total. The summed E-state index contributed by atoms with van der Waals surface area (Å²) in [6.07, 6.45) is 0.942. The predicted octanol–water partition coefficient (Wildman–Crippen LogP) is 1.95. The van der Waals surface area contributed by atoms with Crippen molar-refractivity contribution in [1.82, 2.24) is 4.98 Å². The van der Waals surface area contributed by atoms with E-state index in [-0.39, 0.29) is 6.04 Å². The molecule has 1 unspecified atom stereocenters. The number of anilines is 1. The lowest BCUT2D eigenvalue weighted by molar-refractivity contribution is 0.690. The predicted molar refractivity (Wildman–Crippen MR) is 53.9 cm³/mol. The summed E-state index contributed by atoms with van der Waals surface area (Å²) in [4.78, 5) is 4.04. The van der Waals surface area contributed by atoms with E-state index in [2.05, 4.69) is 10.3 Å². The molecule has 0 spiro atoms. The quantitative estimate of drug-likeness (QED) is 0.790. The normalized spacial score (nSPS) is 12.9. The van der Waals surface area contributed by atoms with E-state index in [1.165, 1.54) is 11.3 Å². The zero-order valence-electron chi connectivity index (χ0n) is 6.88. The third kappa shape index (κ3) is 3.38. The van der Waals surface area contributed by atoms with Gasteiger partial charge in [0, 0.05) is 18.0 Å². The van der Waals surface area contributed by atoms with Crippen LogP contribution in [0.2, 0.25) is 5.15 Å². The molecule has 0 aliphatic carbocycles. The number of nitrogens with two attached hydrogens (primary N) is 1. The minimum atomic E-state index is 0.230. The van der Waals surface area contributed by atoms with E-state index in [9.17, 15) is 0 Å². The summed E-state index contributed by atoms with van der Waals surface area (Å²) in [6.45, 7) is 2.83. The molecule has 12 heavy (non-hydrogen) atoms. The Balaban J connectivity index is 2.24. The molecule has 0 saturated heterocycles. The highest BCUT2D eigenvalue weighted by Crippen LogP contribution is 2.18. The van der Waals surface area contributed by atoms with Crippen LogP contribution in [0.4, 0.5) is 5.13 Å². The molecule has 3 N–H and O–H groups in total. The van der Waals surface area contributed by atoms with E-state index < -0.39 is 0 Å². The van der Waals surface area contributed by atoms with Crippen LogP contribution in [0, 0.1) is 0 Å². The Morgan fingerprint density at radius 1 is 1.83 bits per heavy atom. The Morgan fingerprint density at radius 2 is 2.58 bits per heavy atom. The van der Waals surface area contributed by atoms with Gasteiger partial charge in [-0.05, 0) is 13.3 Å². The zero-order chi connectivity index (χ0) is 8.97. The maximum absolute atomic E-state index is 5.64. The molecule has 1 heterocycles. The summed E-state index contributed by atoms with van der Waals surface area (Å²) >= 11 is 7.14. The number of hydrogen-bond donors (Lipinski definition) is 2. The van der Waals surface area contributed by atoms with Crippen LogP contribution in [0.3, 0.4) is 0 Å². The van der Waals surface area contributed by atoms with Crippen molar-refractivity contribution in [2.24, 2.45) is 5.73 Å². The Hall–Kier alpha value is -0.320. The lowest BCUT2D eigenvalue weighted by atomic mass is 10.2. The number of rotatable bonds is 4. The summed E-state index contributed by atoms with van der Waals surface area (Å²) in [5.41, 5.74) is 5.58. The number of aromatic nitrogens is 1. The van der Waals surface area contributed by atoms with Gasteiger partial charge in [0.15, 0.2) is 5.13 Å². The van der Waals surface area contributed by atoms with Gasteiger partial charge in [0.25, 0.3) is 0 Å². The molecule has 0 aromatic carbocycles. The fourth-order valence-electron chi connectivity index (χ4n) is 0.742. The smallest absolute Gasteiger partial charge is 0.184 e. The first-order valence-corrected chi connectivity index (χ1v) is 5.04. The van der Waals surface area contributed by atoms with E-state index in [4.69, 9.17) is 17.3 Å². The average Bonchev–Trinajstić information content (AvgIpc) is 2.35. The number of thiazole rings is 1. The van der Waals surface area contributed by atoms with Crippen molar-refractivity contribution in [1.29, 1.82) is 0 Å². The van der Waals surface area contributed by atoms with E-state index in [1.807, 2.05) is 6.92 Å². The van der Waals surface area contributed by atoms with Crippen LogP contribution in [0.15, 0.2) is 5.38 Å². The van der Waals surface area contributed by atoms with E-state index in [1.54, 1.807) is 5.38 Å². The summed E-state index contributed by atoms with van der Waals surface area (Å²) in [6, 6.07) is 0.230. The van der Waals surface area contributed by atoms with Crippen LogP contribution in [0.5, 0.6) is 0 Å². The molecule has 1 aromatic heterocycles. The van der Waals surface area contributed by atoms with Crippen LogP contribution in [-0.2, 0) is 0 Å². The Labute approximate surface area is 80.9 Å². The number of hydrogen-bond acceptors (Lipinski definition) is 4. The Bertz CT molecular complexity index is 236. The van der Waals surface area contributed by atoms with Crippen LogP contribution < -0.4 is 11.1 Å². The molecule has 0 saturated carbocycles. The van der Waals surface area contributed by atoms with Crippen molar-refractivity contribution in [2.45, 2.75) is 19.4 Å². The fourth-order valence-corrected chi connectivity index (χ4v) is 1.61. The summed E-state index contributed by atoms with van der Waals surface area (Å²) in [5.74, 6) is 0. The fraction of sp³-hybridized carbons (Fsp3) is 0.571. The number of nitrogens with zero attached hydrogens (tertiary/aromatic N) is 1. The third-order valence-electron chi connectivity index (χ3n) is 1.35. The first-order chi connectivity index (χ1) is 5.68. The molecular weight excluding hydrogens is 194 g/mol. The molecule has 0 fully saturated rings. The zero-order valence-corrected chi connectivity index (χ0v) is 8.45. The lowest BCUT2D eigenvalue weighted by Gasteiger charge is -2.04. The van der Waals surface area contributed by atoms with Crippen molar-refractivity contribution >= 4 is 28.1 Å². The van der Waals surface area contributed by atoms with Gasteiger partial charge in [-0.2, -0.15) is 0 Å². The van der Waals surface area contributed by atoms with Gasteiger partial charge < -0.3 is 11.1 Å². The molecule has 5 heteroatoms. The van der Waals surface area contributed by atoms with Crippen molar-refractivity contribution in [3.05, 3.63) is 10.5 Å². The molecule has 1 rings (SSSR count). The second-order valence-corrected chi connectivity index (χ2v) is 3.91. The molecule has 0 radical (unpaired) electrons. The second-order valence-electron chi connectivity index (χ2n) is 2.67. The van der Waals surface area contributed by atoms with Crippen molar-refractivity contribution in [3.8, 4) is 0 Å². The van der Waals surface area contributed by atoms with Gasteiger partial charge >= 0.3 is 0 Å². The number of halogens is 1. The summed E-state index contributed by atoms with van der Waals surface area (Å²) < 4.78 is 0. The Kier molecular flexibility index (Phi) is 3.78. The largest absolute Gasteiger partial charge is 0.361 e. The van der Waals surface area contributed by atoms with Gasteiger partial charge in [-0.3, -0.25) is 0 Å². The second kappa shape index (κ2) is 4.64. The molecule has 68 valence electrons. The van der Waals surface area contributed by atoms with Gasteiger partial charge in [-0.15, -0.1) is 11.3 Å². The standard InChI is InChI=1S/C7H12ClN3S/c1-5(9)2-3-10-7-11-6(8)4-12-7/h4-5H,2-3,9H2,1H3,(H,10,11). The van der Waals surface area contributed by atoms with Crippen LogP contribution >= 0.6 is 22.9 Å².